The highest BCUT2D eigenvalue weighted by Gasteiger charge is 2.24. The van der Waals surface area contributed by atoms with E-state index < -0.39 is 0 Å². The van der Waals surface area contributed by atoms with Crippen LogP contribution in [0.5, 0.6) is 12.0 Å². The van der Waals surface area contributed by atoms with Gasteiger partial charge in [-0.1, -0.05) is 0 Å². The molecule has 4 rings (SSSR count). The minimum atomic E-state index is 0.213. The van der Waals surface area contributed by atoms with Gasteiger partial charge in [-0.3, -0.25) is 0 Å². The number of ether oxygens (including phenoxy) is 3. The Balaban J connectivity index is 1.44. The van der Waals surface area contributed by atoms with E-state index in [9.17, 15) is 0 Å². The van der Waals surface area contributed by atoms with Crippen LogP contribution in [0.3, 0.4) is 0 Å². The summed E-state index contributed by atoms with van der Waals surface area (Å²) in [7, 11) is 3.06. The first-order chi connectivity index (χ1) is 14.2. The third-order valence-corrected chi connectivity index (χ3v) is 4.94. The van der Waals surface area contributed by atoms with Gasteiger partial charge in [0.2, 0.25) is 11.9 Å². The largest absolute Gasteiger partial charge is 0.467 e. The van der Waals surface area contributed by atoms with Gasteiger partial charge >= 0.3 is 12.0 Å². The molecule has 0 aliphatic carbocycles. The second kappa shape index (κ2) is 9.03. The van der Waals surface area contributed by atoms with Gasteiger partial charge in [-0.25, -0.2) is 4.98 Å². The fourth-order valence-corrected chi connectivity index (χ4v) is 3.48. The highest BCUT2D eigenvalue weighted by Crippen LogP contribution is 2.22. The van der Waals surface area contributed by atoms with Crippen molar-refractivity contribution in [3.05, 3.63) is 12.3 Å². The Labute approximate surface area is 169 Å². The second-order valence-electron chi connectivity index (χ2n) is 6.88. The summed E-state index contributed by atoms with van der Waals surface area (Å²) in [6, 6.07) is 2.60. The number of rotatable bonds is 6. The number of anilines is 3. The summed E-state index contributed by atoms with van der Waals surface area (Å²) >= 11 is 0. The summed E-state index contributed by atoms with van der Waals surface area (Å²) in [5.41, 5.74) is 0. The molecule has 2 aliphatic heterocycles. The molecule has 4 heterocycles. The van der Waals surface area contributed by atoms with Crippen LogP contribution in [0, 0.1) is 0 Å². The molecule has 1 unspecified atom stereocenters. The van der Waals surface area contributed by atoms with Crippen LogP contribution in [0.15, 0.2) is 12.3 Å². The Bertz CT molecular complexity index is 795. The van der Waals surface area contributed by atoms with Crippen LogP contribution < -0.4 is 24.6 Å². The van der Waals surface area contributed by atoms with Crippen LogP contribution in [0.2, 0.25) is 0 Å². The van der Waals surface area contributed by atoms with Gasteiger partial charge in [-0.15, -0.1) is 4.98 Å². The maximum absolute atomic E-state index is 5.41. The van der Waals surface area contributed by atoms with Crippen molar-refractivity contribution in [2.75, 3.05) is 68.7 Å². The lowest BCUT2D eigenvalue weighted by atomic mass is 10.1. The highest BCUT2D eigenvalue weighted by atomic mass is 16.5. The van der Waals surface area contributed by atoms with Crippen LogP contribution in [0.25, 0.3) is 0 Å². The van der Waals surface area contributed by atoms with Gasteiger partial charge in [0.1, 0.15) is 5.82 Å². The lowest BCUT2D eigenvalue weighted by molar-refractivity contribution is 0.122. The number of nitrogens with zero attached hydrogens (tertiary/aromatic N) is 7. The minimum absolute atomic E-state index is 0.213. The Morgan fingerprint density at radius 1 is 0.966 bits per heavy atom. The van der Waals surface area contributed by atoms with Crippen molar-refractivity contribution in [2.45, 2.75) is 18.9 Å². The third-order valence-electron chi connectivity index (χ3n) is 4.94. The predicted octanol–water partition coefficient (Wildman–Crippen LogP) is 0.596. The number of aromatic nitrogens is 5. The van der Waals surface area contributed by atoms with Gasteiger partial charge in [0.25, 0.3) is 0 Å². The molecule has 1 atom stereocenters. The van der Waals surface area contributed by atoms with Crippen molar-refractivity contribution >= 4 is 17.7 Å². The van der Waals surface area contributed by atoms with E-state index in [0.717, 1.165) is 50.8 Å². The Hall–Kier alpha value is -2.95. The molecule has 2 saturated heterocycles. The lowest BCUT2D eigenvalue weighted by Crippen LogP contribution is -2.43. The molecule has 1 N–H and O–H groups in total. The van der Waals surface area contributed by atoms with Gasteiger partial charge in [0.15, 0.2) is 0 Å². The molecular weight excluding hydrogens is 376 g/mol. The number of morpholine rings is 1. The van der Waals surface area contributed by atoms with E-state index in [4.69, 9.17) is 19.2 Å². The van der Waals surface area contributed by atoms with Crippen molar-refractivity contribution < 1.29 is 14.2 Å². The van der Waals surface area contributed by atoms with Crippen LogP contribution >= 0.6 is 0 Å². The van der Waals surface area contributed by atoms with Gasteiger partial charge < -0.3 is 29.3 Å². The van der Waals surface area contributed by atoms with Crippen molar-refractivity contribution in [1.29, 1.82) is 0 Å². The van der Waals surface area contributed by atoms with Crippen LogP contribution in [-0.2, 0) is 4.74 Å². The van der Waals surface area contributed by atoms with Crippen molar-refractivity contribution in [3.63, 3.8) is 0 Å². The SMILES string of the molecule is COc1nc(OC)nc(N2CCCC(Nc3ccnc(N4CCOCC4)n3)C2)n1. The highest BCUT2D eigenvalue weighted by molar-refractivity contribution is 5.43. The summed E-state index contributed by atoms with van der Waals surface area (Å²) in [5.74, 6) is 2.11. The maximum atomic E-state index is 5.41. The van der Waals surface area contributed by atoms with Crippen LogP contribution in [-0.4, -0.2) is 84.6 Å². The van der Waals surface area contributed by atoms with E-state index in [-0.39, 0.29) is 18.1 Å². The van der Waals surface area contributed by atoms with Gasteiger partial charge in [0, 0.05) is 38.4 Å². The lowest BCUT2D eigenvalue weighted by Gasteiger charge is -2.33. The number of nitrogens with one attached hydrogen (secondary N) is 1. The van der Waals surface area contributed by atoms with E-state index in [1.807, 2.05) is 6.07 Å². The van der Waals surface area contributed by atoms with Crippen LogP contribution in [0.1, 0.15) is 12.8 Å². The summed E-state index contributed by atoms with van der Waals surface area (Å²) < 4.78 is 15.7. The first-order valence-electron chi connectivity index (χ1n) is 9.76. The molecule has 2 aliphatic rings. The zero-order chi connectivity index (χ0) is 20.1. The molecule has 156 valence electrons. The number of piperidine rings is 1. The minimum Gasteiger partial charge on any atom is -0.467 e. The molecule has 11 heteroatoms. The molecule has 2 aromatic rings. The zero-order valence-electron chi connectivity index (χ0n) is 16.7. The Morgan fingerprint density at radius 2 is 1.72 bits per heavy atom. The van der Waals surface area contributed by atoms with Gasteiger partial charge in [0.05, 0.1) is 27.4 Å². The van der Waals surface area contributed by atoms with Crippen LogP contribution in [0.4, 0.5) is 17.7 Å². The van der Waals surface area contributed by atoms with Gasteiger partial charge in [-0.2, -0.15) is 15.0 Å². The third kappa shape index (κ3) is 4.73. The van der Waals surface area contributed by atoms with Gasteiger partial charge in [-0.05, 0) is 18.9 Å². The molecule has 0 spiro atoms. The number of hydrogen-bond donors (Lipinski definition) is 1. The standard InChI is InChI=1S/C18H26N8O3/c1-27-17-22-16(23-18(24-17)28-2)26-7-3-4-13(12-26)20-14-5-6-19-15(21-14)25-8-10-29-11-9-25/h5-6,13H,3-4,7-12H2,1-2H3,(H,19,20,21). The smallest absolute Gasteiger partial charge is 0.324 e. The van der Waals surface area contributed by atoms with Crippen molar-refractivity contribution in [2.24, 2.45) is 0 Å². The maximum Gasteiger partial charge on any atom is 0.324 e. The summed E-state index contributed by atoms with van der Waals surface area (Å²) in [6.45, 7) is 4.63. The molecule has 0 amide bonds. The summed E-state index contributed by atoms with van der Waals surface area (Å²) in [4.78, 5) is 26.2. The molecule has 0 radical (unpaired) electrons. The summed E-state index contributed by atoms with van der Waals surface area (Å²) in [5, 5.41) is 3.53. The fraction of sp³-hybridized carbons (Fsp3) is 0.611. The number of methoxy groups -OCH3 is 2. The van der Waals surface area contributed by atoms with E-state index in [0.29, 0.717) is 19.2 Å². The molecule has 29 heavy (non-hydrogen) atoms. The van der Waals surface area contributed by atoms with E-state index in [1.54, 1.807) is 6.20 Å². The zero-order valence-corrected chi connectivity index (χ0v) is 16.7. The van der Waals surface area contributed by atoms with Crippen molar-refractivity contribution in [3.8, 4) is 12.0 Å². The van der Waals surface area contributed by atoms with Crippen molar-refractivity contribution in [1.82, 2.24) is 24.9 Å². The quantitative estimate of drug-likeness (QED) is 0.733. The monoisotopic (exact) mass is 402 g/mol. The first kappa shape index (κ1) is 19.4. The molecular formula is C18H26N8O3. The molecule has 0 saturated carbocycles. The molecule has 0 aromatic carbocycles. The van der Waals surface area contributed by atoms with E-state index in [2.05, 4.69) is 35.1 Å². The Kier molecular flexibility index (Phi) is 6.03. The Morgan fingerprint density at radius 3 is 2.45 bits per heavy atom. The van der Waals surface area contributed by atoms with E-state index >= 15 is 0 Å². The molecule has 2 fully saturated rings. The molecule has 11 nitrogen and oxygen atoms in total. The average molecular weight is 402 g/mol. The molecule has 2 aromatic heterocycles. The first-order valence-corrected chi connectivity index (χ1v) is 9.76. The molecule has 0 bridgehead atoms. The second-order valence-corrected chi connectivity index (χ2v) is 6.88. The fourth-order valence-electron chi connectivity index (χ4n) is 3.48. The normalized spacial score (nSPS) is 19.7. The number of hydrogen-bond acceptors (Lipinski definition) is 11. The average Bonchev–Trinajstić information content (AvgIpc) is 2.79. The topological polar surface area (TPSA) is 111 Å². The predicted molar refractivity (Wildman–Crippen MR) is 107 cm³/mol. The summed E-state index contributed by atoms with van der Waals surface area (Å²) in [6.07, 6.45) is 3.84. The van der Waals surface area contributed by atoms with E-state index in [1.165, 1.54) is 14.2 Å².